The van der Waals surface area contributed by atoms with Crippen LogP contribution in [0.15, 0.2) is 18.2 Å². The summed E-state index contributed by atoms with van der Waals surface area (Å²) < 4.78 is 22.2. The highest BCUT2D eigenvalue weighted by molar-refractivity contribution is 8.13. The normalized spacial score (nSPS) is 19.6. The first-order valence-electron chi connectivity index (χ1n) is 6.51. The Morgan fingerprint density at radius 3 is 2.70 bits per heavy atom. The van der Waals surface area contributed by atoms with Crippen molar-refractivity contribution in [3.8, 4) is 0 Å². The molecule has 0 N–H and O–H groups in total. The fourth-order valence-corrected chi connectivity index (χ4v) is 3.91. The Balaban J connectivity index is 2.07. The third kappa shape index (κ3) is 3.73. The fraction of sp³-hybridized carbons (Fsp3) is 0.500. The van der Waals surface area contributed by atoms with Crippen LogP contribution in [0.2, 0.25) is 0 Å². The molecule has 1 aliphatic heterocycles. The molecule has 1 aromatic carbocycles. The van der Waals surface area contributed by atoms with E-state index >= 15 is 0 Å². The van der Waals surface area contributed by atoms with Crippen LogP contribution < -0.4 is 0 Å². The van der Waals surface area contributed by atoms with Crippen LogP contribution in [0.4, 0.5) is 0 Å². The first-order chi connectivity index (χ1) is 9.26. The van der Waals surface area contributed by atoms with E-state index in [4.69, 9.17) is 10.7 Å². The molecule has 1 saturated heterocycles. The van der Waals surface area contributed by atoms with Crippen LogP contribution in [0.25, 0.3) is 0 Å². The molecule has 20 heavy (non-hydrogen) atoms. The molecule has 0 spiro atoms. The first-order valence-corrected chi connectivity index (χ1v) is 8.99. The number of amides is 1. The Hall–Kier alpha value is -1.07. The number of benzene rings is 1. The number of halogens is 1. The Labute approximate surface area is 124 Å². The van der Waals surface area contributed by atoms with Gasteiger partial charge >= 0.3 is 0 Å². The minimum absolute atomic E-state index is 0.00350. The highest BCUT2D eigenvalue weighted by Gasteiger charge is 2.32. The quantitative estimate of drug-likeness (QED) is 0.801. The van der Waals surface area contributed by atoms with Crippen molar-refractivity contribution in [2.45, 2.75) is 26.8 Å². The van der Waals surface area contributed by atoms with E-state index in [9.17, 15) is 13.2 Å². The van der Waals surface area contributed by atoms with Gasteiger partial charge in [0.2, 0.25) is 15.0 Å². The SMILES string of the molecule is Cc1cccc(CN2CC(CS(=O)(=O)Cl)CC2=O)c1C. The largest absolute Gasteiger partial charge is 0.338 e. The minimum atomic E-state index is -3.55. The number of nitrogens with zero attached hydrogens (tertiary/aromatic N) is 1. The lowest BCUT2D eigenvalue weighted by Crippen LogP contribution is -2.25. The predicted molar refractivity (Wildman–Crippen MR) is 79.1 cm³/mol. The molecule has 1 unspecified atom stereocenters. The lowest BCUT2D eigenvalue weighted by atomic mass is 10.0. The van der Waals surface area contributed by atoms with Gasteiger partial charge in [0.1, 0.15) is 0 Å². The maximum Gasteiger partial charge on any atom is 0.232 e. The predicted octanol–water partition coefficient (Wildman–Crippen LogP) is 2.22. The molecule has 1 aromatic rings. The highest BCUT2D eigenvalue weighted by atomic mass is 35.7. The van der Waals surface area contributed by atoms with Gasteiger partial charge in [-0.15, -0.1) is 0 Å². The molecule has 0 aliphatic carbocycles. The number of hydrogen-bond acceptors (Lipinski definition) is 3. The average molecular weight is 316 g/mol. The molecule has 110 valence electrons. The molecular weight excluding hydrogens is 298 g/mol. The molecule has 0 radical (unpaired) electrons. The van der Waals surface area contributed by atoms with Gasteiger partial charge in [0.15, 0.2) is 0 Å². The Morgan fingerprint density at radius 2 is 2.05 bits per heavy atom. The summed E-state index contributed by atoms with van der Waals surface area (Å²) in [7, 11) is 1.71. The van der Waals surface area contributed by atoms with Gasteiger partial charge in [-0.05, 0) is 30.5 Å². The first kappa shape index (κ1) is 15.3. The lowest BCUT2D eigenvalue weighted by molar-refractivity contribution is -0.128. The van der Waals surface area contributed by atoms with Crippen LogP contribution >= 0.6 is 10.7 Å². The summed E-state index contributed by atoms with van der Waals surface area (Å²) in [5.41, 5.74) is 3.47. The lowest BCUT2D eigenvalue weighted by Gasteiger charge is -2.18. The van der Waals surface area contributed by atoms with Gasteiger partial charge in [0.25, 0.3) is 0 Å². The van der Waals surface area contributed by atoms with E-state index in [2.05, 4.69) is 0 Å². The van der Waals surface area contributed by atoms with Crippen LogP contribution in [0, 0.1) is 19.8 Å². The van der Waals surface area contributed by atoms with Crippen LogP contribution in [-0.4, -0.2) is 31.5 Å². The van der Waals surface area contributed by atoms with Crippen molar-refractivity contribution in [1.82, 2.24) is 4.90 Å². The van der Waals surface area contributed by atoms with Crippen LogP contribution in [-0.2, 0) is 20.4 Å². The van der Waals surface area contributed by atoms with Gasteiger partial charge in [0, 0.05) is 36.1 Å². The number of rotatable bonds is 4. The maximum absolute atomic E-state index is 12.0. The monoisotopic (exact) mass is 315 g/mol. The zero-order valence-electron chi connectivity index (χ0n) is 11.6. The molecule has 0 bridgehead atoms. The molecule has 1 heterocycles. The van der Waals surface area contributed by atoms with Crippen molar-refractivity contribution >= 4 is 25.6 Å². The molecular formula is C14H18ClNO3S. The number of hydrogen-bond donors (Lipinski definition) is 0. The Morgan fingerprint density at radius 1 is 1.35 bits per heavy atom. The molecule has 1 aliphatic rings. The van der Waals surface area contributed by atoms with Crippen molar-refractivity contribution in [2.75, 3.05) is 12.3 Å². The van der Waals surface area contributed by atoms with Gasteiger partial charge in [-0.1, -0.05) is 18.2 Å². The van der Waals surface area contributed by atoms with Crippen molar-refractivity contribution in [1.29, 1.82) is 0 Å². The van der Waals surface area contributed by atoms with Gasteiger partial charge in [0.05, 0.1) is 5.75 Å². The molecule has 0 saturated carbocycles. The van der Waals surface area contributed by atoms with E-state index in [1.54, 1.807) is 4.90 Å². The summed E-state index contributed by atoms with van der Waals surface area (Å²) in [5, 5.41) is 0. The minimum Gasteiger partial charge on any atom is -0.338 e. The Bertz CT molecular complexity index is 627. The smallest absolute Gasteiger partial charge is 0.232 e. The molecule has 0 aromatic heterocycles. The van der Waals surface area contributed by atoms with Crippen LogP contribution in [0.1, 0.15) is 23.1 Å². The molecule has 6 heteroatoms. The highest BCUT2D eigenvalue weighted by Crippen LogP contribution is 2.24. The molecule has 1 atom stereocenters. The molecule has 2 rings (SSSR count). The number of aryl methyl sites for hydroxylation is 1. The summed E-state index contributed by atoms with van der Waals surface area (Å²) in [6.45, 7) is 5.06. The second kappa shape index (κ2) is 5.74. The van der Waals surface area contributed by atoms with Crippen LogP contribution in [0.3, 0.4) is 0 Å². The second-order valence-corrected chi connectivity index (χ2v) is 8.23. The maximum atomic E-state index is 12.0. The molecule has 1 fully saturated rings. The van der Waals surface area contributed by atoms with Crippen molar-refractivity contribution < 1.29 is 13.2 Å². The van der Waals surface area contributed by atoms with Gasteiger partial charge < -0.3 is 4.90 Å². The average Bonchev–Trinajstić information content (AvgIpc) is 2.63. The van der Waals surface area contributed by atoms with Crippen molar-refractivity contribution in [3.05, 3.63) is 34.9 Å². The van der Waals surface area contributed by atoms with Crippen LogP contribution in [0.5, 0.6) is 0 Å². The van der Waals surface area contributed by atoms with E-state index in [1.165, 1.54) is 11.1 Å². The summed E-state index contributed by atoms with van der Waals surface area (Å²) in [6.07, 6.45) is 0.261. The van der Waals surface area contributed by atoms with Crippen molar-refractivity contribution in [2.24, 2.45) is 5.92 Å². The van der Waals surface area contributed by atoms with Gasteiger partial charge in [-0.2, -0.15) is 0 Å². The number of likely N-dealkylation sites (tertiary alicyclic amines) is 1. The van der Waals surface area contributed by atoms with E-state index in [0.29, 0.717) is 13.1 Å². The summed E-state index contributed by atoms with van der Waals surface area (Å²) in [4.78, 5) is 13.7. The molecule has 4 nitrogen and oxygen atoms in total. The molecule has 1 amide bonds. The van der Waals surface area contributed by atoms with Gasteiger partial charge in [-0.3, -0.25) is 4.79 Å². The third-order valence-electron chi connectivity index (χ3n) is 3.81. The van der Waals surface area contributed by atoms with E-state index < -0.39 is 9.05 Å². The third-order valence-corrected chi connectivity index (χ3v) is 5.05. The number of carbonyl (C=O) groups excluding carboxylic acids is 1. The zero-order valence-corrected chi connectivity index (χ0v) is 13.2. The van der Waals surface area contributed by atoms with Gasteiger partial charge in [-0.25, -0.2) is 8.42 Å². The topological polar surface area (TPSA) is 54.5 Å². The second-order valence-electron chi connectivity index (χ2n) is 5.41. The Kier molecular flexibility index (Phi) is 4.39. The summed E-state index contributed by atoms with van der Waals surface area (Å²) in [5.74, 6) is -0.338. The van der Waals surface area contributed by atoms with E-state index in [0.717, 1.165) is 5.56 Å². The summed E-state index contributed by atoms with van der Waals surface area (Å²) in [6, 6.07) is 6.01. The standard InChI is InChI=1S/C14H18ClNO3S/c1-10-4-3-5-13(11(10)2)8-16-7-12(6-14(16)17)9-20(15,18)19/h3-5,12H,6-9H2,1-2H3. The zero-order chi connectivity index (χ0) is 14.9. The summed E-state index contributed by atoms with van der Waals surface area (Å²) >= 11 is 0. The number of carbonyl (C=O) groups is 1. The van der Waals surface area contributed by atoms with E-state index in [-0.39, 0.29) is 24.0 Å². The fourth-order valence-electron chi connectivity index (χ4n) is 2.59. The van der Waals surface area contributed by atoms with Crippen molar-refractivity contribution in [3.63, 3.8) is 0 Å². The van der Waals surface area contributed by atoms with E-state index in [1.807, 2.05) is 32.0 Å².